The van der Waals surface area contributed by atoms with E-state index in [1.54, 1.807) is 7.05 Å². The molecule has 0 aliphatic carbocycles. The molecule has 8 heteroatoms. The van der Waals surface area contributed by atoms with Crippen LogP contribution in [0.15, 0.2) is 35.3 Å². The summed E-state index contributed by atoms with van der Waals surface area (Å²) in [6, 6.07) is 9.28. The van der Waals surface area contributed by atoms with Crippen LogP contribution in [0.5, 0.6) is 0 Å². The summed E-state index contributed by atoms with van der Waals surface area (Å²) in [6.45, 7) is 4.92. The summed E-state index contributed by atoms with van der Waals surface area (Å²) in [6.07, 6.45) is 2.57. The second-order valence-electron chi connectivity index (χ2n) is 5.76. The fraction of sp³-hybridized carbons (Fsp3) is 0.611. The number of unbranched alkanes of at least 4 members (excludes halogenated alkanes) is 1. The van der Waals surface area contributed by atoms with Gasteiger partial charge in [0.1, 0.15) is 0 Å². The van der Waals surface area contributed by atoms with Gasteiger partial charge in [0.25, 0.3) is 0 Å². The normalized spacial score (nSPS) is 11.7. The van der Waals surface area contributed by atoms with Crippen LogP contribution in [0.3, 0.4) is 0 Å². The van der Waals surface area contributed by atoms with E-state index in [2.05, 4.69) is 15.6 Å². The van der Waals surface area contributed by atoms with Crippen molar-refractivity contribution in [2.45, 2.75) is 31.9 Å². The lowest BCUT2D eigenvalue weighted by Gasteiger charge is -2.12. The number of hydrogen-bond acceptors (Lipinski definition) is 4. The molecule has 6 nitrogen and oxygen atoms in total. The lowest BCUT2D eigenvalue weighted by molar-refractivity contribution is 0.143. The Morgan fingerprint density at radius 1 is 1.08 bits per heavy atom. The van der Waals surface area contributed by atoms with Gasteiger partial charge in [0.2, 0.25) is 0 Å². The maximum Gasteiger partial charge on any atom is 0.190 e. The maximum atomic E-state index is 12.1. The van der Waals surface area contributed by atoms with E-state index in [1.165, 1.54) is 0 Å². The van der Waals surface area contributed by atoms with Gasteiger partial charge in [0.05, 0.1) is 11.5 Å². The highest BCUT2D eigenvalue weighted by atomic mass is 127. The van der Waals surface area contributed by atoms with Crippen molar-refractivity contribution in [2.24, 2.45) is 4.99 Å². The molecule has 1 rings (SSSR count). The largest absolute Gasteiger partial charge is 0.382 e. The summed E-state index contributed by atoms with van der Waals surface area (Å²) in [5.74, 6) is 0.970. The van der Waals surface area contributed by atoms with Crippen LogP contribution < -0.4 is 10.6 Å². The average Bonchev–Trinajstić information content (AvgIpc) is 2.60. The van der Waals surface area contributed by atoms with Crippen molar-refractivity contribution in [1.82, 2.24) is 10.6 Å². The van der Waals surface area contributed by atoms with E-state index in [0.29, 0.717) is 18.9 Å². The number of hydrogen-bond donors (Lipinski definition) is 2. The molecule has 0 unspecified atom stereocenters. The zero-order valence-corrected chi connectivity index (χ0v) is 18.9. The van der Waals surface area contributed by atoms with Gasteiger partial charge in [-0.05, 0) is 31.7 Å². The predicted octanol–water partition coefficient (Wildman–Crippen LogP) is 2.59. The van der Waals surface area contributed by atoms with Gasteiger partial charge in [-0.1, -0.05) is 30.3 Å². The molecule has 0 aliphatic rings. The van der Waals surface area contributed by atoms with Crippen molar-refractivity contribution >= 4 is 39.8 Å². The van der Waals surface area contributed by atoms with Crippen LogP contribution in [0.1, 0.15) is 31.7 Å². The molecule has 2 N–H and O–H groups in total. The third-order valence-electron chi connectivity index (χ3n) is 3.59. The molecule has 0 amide bonds. The van der Waals surface area contributed by atoms with E-state index in [-0.39, 0.29) is 35.5 Å². The minimum absolute atomic E-state index is 0. The lowest BCUT2D eigenvalue weighted by Crippen LogP contribution is -2.38. The number of guanidine groups is 1. The highest BCUT2D eigenvalue weighted by Crippen LogP contribution is 2.06. The van der Waals surface area contributed by atoms with Crippen LogP contribution in [0.2, 0.25) is 0 Å². The summed E-state index contributed by atoms with van der Waals surface area (Å²) < 4.78 is 29.5. The van der Waals surface area contributed by atoms with E-state index in [0.717, 1.165) is 38.2 Å². The zero-order valence-electron chi connectivity index (χ0n) is 15.7. The molecule has 0 aliphatic heterocycles. The van der Waals surface area contributed by atoms with Crippen LogP contribution >= 0.6 is 24.0 Å². The number of aliphatic imine (C=N–C) groups is 1. The topological polar surface area (TPSA) is 79.8 Å². The predicted molar refractivity (Wildman–Crippen MR) is 119 cm³/mol. The molecule has 0 radical (unpaired) electrons. The quantitative estimate of drug-likeness (QED) is 0.201. The SMILES string of the molecule is CCOCCCCNC(=NC)NCCCS(=O)(=O)Cc1ccccc1.I. The fourth-order valence-corrected chi connectivity index (χ4v) is 3.73. The van der Waals surface area contributed by atoms with Crippen molar-refractivity contribution in [3.63, 3.8) is 0 Å². The Bertz CT molecular complexity index is 595. The van der Waals surface area contributed by atoms with Crippen LogP contribution in [0.4, 0.5) is 0 Å². The van der Waals surface area contributed by atoms with Crippen LogP contribution in [-0.2, 0) is 20.3 Å². The number of nitrogens with zero attached hydrogens (tertiary/aromatic N) is 1. The minimum Gasteiger partial charge on any atom is -0.382 e. The molecule has 1 aromatic carbocycles. The second-order valence-corrected chi connectivity index (χ2v) is 7.95. The summed E-state index contributed by atoms with van der Waals surface area (Å²) in [5.41, 5.74) is 0.833. The molecule has 0 saturated carbocycles. The molecular weight excluding hydrogens is 465 g/mol. The monoisotopic (exact) mass is 497 g/mol. The fourth-order valence-electron chi connectivity index (χ4n) is 2.30. The molecule has 0 saturated heterocycles. The first kappa shape index (κ1) is 25.1. The number of nitrogens with one attached hydrogen (secondary N) is 2. The number of halogens is 1. The Hall–Kier alpha value is -0.870. The van der Waals surface area contributed by atoms with Gasteiger partial charge in [-0.25, -0.2) is 8.42 Å². The summed E-state index contributed by atoms with van der Waals surface area (Å²) >= 11 is 0. The first-order chi connectivity index (χ1) is 12.1. The van der Waals surface area contributed by atoms with E-state index in [1.807, 2.05) is 37.3 Å². The minimum atomic E-state index is -3.08. The standard InChI is InChI=1S/C18H31N3O3S.HI/c1-3-24-14-8-7-12-20-18(19-2)21-13-9-15-25(22,23)16-17-10-5-4-6-11-17;/h4-6,10-11H,3,7-9,12-16H2,1-2H3,(H2,19,20,21);1H. The van der Waals surface area contributed by atoms with Crippen LogP contribution in [0.25, 0.3) is 0 Å². The van der Waals surface area contributed by atoms with Crippen molar-refractivity contribution < 1.29 is 13.2 Å². The third kappa shape index (κ3) is 12.5. The van der Waals surface area contributed by atoms with Gasteiger partial charge >= 0.3 is 0 Å². The molecule has 150 valence electrons. The van der Waals surface area contributed by atoms with Crippen LogP contribution in [0, 0.1) is 0 Å². The smallest absolute Gasteiger partial charge is 0.190 e. The van der Waals surface area contributed by atoms with Gasteiger partial charge in [-0.3, -0.25) is 4.99 Å². The zero-order chi connectivity index (χ0) is 18.4. The van der Waals surface area contributed by atoms with E-state index < -0.39 is 9.84 Å². The number of ether oxygens (including phenoxy) is 1. The third-order valence-corrected chi connectivity index (χ3v) is 5.27. The highest BCUT2D eigenvalue weighted by molar-refractivity contribution is 14.0. The Kier molecular flexibility index (Phi) is 14.7. The lowest BCUT2D eigenvalue weighted by atomic mass is 10.2. The molecule has 26 heavy (non-hydrogen) atoms. The second kappa shape index (κ2) is 15.2. The van der Waals surface area contributed by atoms with Gasteiger partial charge in [-0.15, -0.1) is 24.0 Å². The van der Waals surface area contributed by atoms with E-state index in [9.17, 15) is 8.42 Å². The molecule has 1 aromatic rings. The van der Waals surface area contributed by atoms with Crippen molar-refractivity contribution in [2.75, 3.05) is 39.1 Å². The molecule has 0 aromatic heterocycles. The molecule has 0 atom stereocenters. The Morgan fingerprint density at radius 3 is 2.35 bits per heavy atom. The van der Waals surface area contributed by atoms with Gasteiger partial charge in [0.15, 0.2) is 15.8 Å². The van der Waals surface area contributed by atoms with E-state index in [4.69, 9.17) is 4.74 Å². The number of sulfone groups is 1. The van der Waals surface area contributed by atoms with Crippen LogP contribution in [-0.4, -0.2) is 53.5 Å². The van der Waals surface area contributed by atoms with Crippen molar-refractivity contribution in [3.05, 3.63) is 35.9 Å². The number of benzene rings is 1. The first-order valence-electron chi connectivity index (χ1n) is 8.84. The molecular formula is C18H32IN3O3S. The summed E-state index contributed by atoms with van der Waals surface area (Å²) in [5, 5.41) is 6.37. The van der Waals surface area contributed by atoms with Gasteiger partial charge < -0.3 is 15.4 Å². The molecule has 0 spiro atoms. The Morgan fingerprint density at radius 2 is 1.73 bits per heavy atom. The summed E-state index contributed by atoms with van der Waals surface area (Å²) in [7, 11) is -1.37. The Balaban J connectivity index is 0.00000625. The van der Waals surface area contributed by atoms with Gasteiger partial charge in [-0.2, -0.15) is 0 Å². The van der Waals surface area contributed by atoms with Crippen molar-refractivity contribution in [3.8, 4) is 0 Å². The van der Waals surface area contributed by atoms with Gasteiger partial charge in [0, 0.05) is 33.4 Å². The maximum absolute atomic E-state index is 12.1. The van der Waals surface area contributed by atoms with Crippen molar-refractivity contribution in [1.29, 1.82) is 0 Å². The summed E-state index contributed by atoms with van der Waals surface area (Å²) in [4.78, 5) is 4.14. The first-order valence-corrected chi connectivity index (χ1v) is 10.7. The molecule has 0 bridgehead atoms. The average molecular weight is 497 g/mol. The Labute approximate surface area is 175 Å². The highest BCUT2D eigenvalue weighted by Gasteiger charge is 2.11. The molecule has 0 heterocycles. The number of rotatable bonds is 12. The van der Waals surface area contributed by atoms with E-state index >= 15 is 0 Å². The molecule has 0 fully saturated rings.